The van der Waals surface area contributed by atoms with Crippen LogP contribution in [-0.4, -0.2) is 17.3 Å². The van der Waals surface area contributed by atoms with Crippen LogP contribution in [0.2, 0.25) is 0 Å². The van der Waals surface area contributed by atoms with E-state index in [0.29, 0.717) is 17.7 Å². The van der Waals surface area contributed by atoms with Crippen LogP contribution in [0.5, 0.6) is 0 Å². The van der Waals surface area contributed by atoms with Gasteiger partial charge in [-0.3, -0.25) is 4.57 Å². The molecule has 22 heavy (non-hydrogen) atoms. The molecule has 5 heteroatoms. The topological polar surface area (TPSA) is 61.4 Å². The van der Waals surface area contributed by atoms with Crippen molar-refractivity contribution in [2.24, 2.45) is 0 Å². The fourth-order valence-corrected chi connectivity index (χ4v) is 2.53. The van der Waals surface area contributed by atoms with E-state index in [-0.39, 0.29) is 0 Å². The average Bonchev–Trinajstić information content (AvgIpc) is 2.91. The predicted octanol–water partition coefficient (Wildman–Crippen LogP) is 3.84. The third-order valence-electron chi connectivity index (χ3n) is 3.70. The van der Waals surface area contributed by atoms with Crippen molar-refractivity contribution in [3.63, 3.8) is 0 Å². The van der Waals surface area contributed by atoms with Crippen LogP contribution in [0.3, 0.4) is 0 Å². The lowest BCUT2D eigenvalue weighted by atomic mass is 10.1. The van der Waals surface area contributed by atoms with Crippen molar-refractivity contribution in [2.75, 3.05) is 6.61 Å². The molecular weight excluding hydrogens is 282 g/mol. The summed E-state index contributed by atoms with van der Waals surface area (Å²) in [5.74, 6) is 0. The van der Waals surface area contributed by atoms with Crippen molar-refractivity contribution in [3.8, 4) is 0 Å². The van der Waals surface area contributed by atoms with E-state index in [1.165, 1.54) is 10.6 Å². The molecular formula is C17H17NO4. The maximum absolute atomic E-state index is 12.1. The molecule has 0 bridgehead atoms. The molecule has 0 amide bonds. The number of hydrogen-bond donors (Lipinski definition) is 0. The minimum atomic E-state index is -0.419. The van der Waals surface area contributed by atoms with Crippen LogP contribution >= 0.6 is 0 Å². The maximum atomic E-state index is 12.1. The summed E-state index contributed by atoms with van der Waals surface area (Å²) < 4.78 is 12.0. The van der Waals surface area contributed by atoms with Crippen LogP contribution < -0.4 is 5.63 Å². The molecule has 0 aliphatic heterocycles. The highest BCUT2D eigenvalue weighted by atomic mass is 16.5. The Morgan fingerprint density at radius 3 is 2.86 bits per heavy atom. The molecule has 0 unspecified atom stereocenters. The van der Waals surface area contributed by atoms with Gasteiger partial charge in [-0.2, -0.15) is 0 Å². The van der Waals surface area contributed by atoms with Crippen LogP contribution in [-0.2, 0) is 4.74 Å². The smallest absolute Gasteiger partial charge is 0.418 e. The van der Waals surface area contributed by atoms with Crippen LogP contribution in [0.1, 0.15) is 25.3 Å². The summed E-state index contributed by atoms with van der Waals surface area (Å²) in [6, 6.07) is 6.92. The number of hydrogen-bond acceptors (Lipinski definition) is 4. The normalized spacial score (nSPS) is 11.2. The van der Waals surface area contributed by atoms with Crippen molar-refractivity contribution in [3.05, 3.63) is 46.4 Å². The van der Waals surface area contributed by atoms with Crippen LogP contribution in [0.4, 0.5) is 4.79 Å². The van der Waals surface area contributed by atoms with E-state index in [2.05, 4.69) is 0 Å². The van der Waals surface area contributed by atoms with E-state index in [9.17, 15) is 9.59 Å². The molecule has 3 rings (SSSR count). The fourth-order valence-electron chi connectivity index (χ4n) is 2.53. The Morgan fingerprint density at radius 1 is 1.27 bits per heavy atom. The first kappa shape index (κ1) is 14.4. The Kier molecular flexibility index (Phi) is 3.71. The van der Waals surface area contributed by atoms with Crippen molar-refractivity contribution >= 4 is 28.0 Å². The number of fused-ring (bicyclic) bond motifs is 3. The first-order valence-corrected chi connectivity index (χ1v) is 7.33. The molecule has 0 fully saturated rings. The lowest BCUT2D eigenvalue weighted by molar-refractivity contribution is 0.147. The minimum absolute atomic E-state index is 0.393. The predicted molar refractivity (Wildman–Crippen MR) is 84.4 cm³/mol. The Labute approximate surface area is 127 Å². The highest BCUT2D eigenvalue weighted by molar-refractivity contribution is 6.06. The zero-order valence-electron chi connectivity index (χ0n) is 12.6. The van der Waals surface area contributed by atoms with Gasteiger partial charge in [-0.25, -0.2) is 9.59 Å². The van der Waals surface area contributed by atoms with Crippen molar-refractivity contribution in [1.29, 1.82) is 0 Å². The van der Waals surface area contributed by atoms with Crippen molar-refractivity contribution in [2.45, 2.75) is 26.7 Å². The van der Waals surface area contributed by atoms with Crippen LogP contribution in [0.15, 0.2) is 39.7 Å². The molecule has 0 N–H and O–H groups in total. The van der Waals surface area contributed by atoms with Crippen LogP contribution in [0, 0.1) is 6.92 Å². The second-order valence-electron chi connectivity index (χ2n) is 5.28. The molecule has 3 aromatic rings. The Bertz CT molecular complexity index is 904. The first-order valence-electron chi connectivity index (χ1n) is 7.33. The molecule has 0 saturated carbocycles. The van der Waals surface area contributed by atoms with Gasteiger partial charge in [-0.15, -0.1) is 0 Å². The molecule has 114 valence electrons. The summed E-state index contributed by atoms with van der Waals surface area (Å²) in [7, 11) is 0. The Hall–Kier alpha value is -2.56. The maximum Gasteiger partial charge on any atom is 0.418 e. The van der Waals surface area contributed by atoms with Gasteiger partial charge in [0.2, 0.25) is 0 Å². The third kappa shape index (κ3) is 2.39. The highest BCUT2D eigenvalue weighted by Gasteiger charge is 2.14. The number of aryl methyl sites for hydroxylation is 1. The summed E-state index contributed by atoms with van der Waals surface area (Å²) in [6.07, 6.45) is 3.02. The number of nitrogens with zero attached hydrogens (tertiary/aromatic N) is 1. The number of carbonyl (C=O) groups is 1. The monoisotopic (exact) mass is 299 g/mol. The summed E-state index contributed by atoms with van der Waals surface area (Å²) in [5, 5.41) is 1.59. The largest absolute Gasteiger partial charge is 0.449 e. The number of ether oxygens (including phenoxy) is 1. The number of unbranched alkanes of at least 4 members (excludes halogenated alkanes) is 1. The second kappa shape index (κ2) is 5.67. The quantitative estimate of drug-likeness (QED) is 0.544. The molecule has 1 aromatic carbocycles. The Balaban J connectivity index is 2.10. The lowest BCUT2D eigenvalue weighted by Crippen LogP contribution is -2.13. The van der Waals surface area contributed by atoms with Crippen molar-refractivity contribution < 1.29 is 13.9 Å². The van der Waals surface area contributed by atoms with Gasteiger partial charge in [0.15, 0.2) is 0 Å². The third-order valence-corrected chi connectivity index (χ3v) is 3.70. The van der Waals surface area contributed by atoms with E-state index < -0.39 is 11.7 Å². The van der Waals surface area contributed by atoms with Gasteiger partial charge < -0.3 is 9.15 Å². The van der Waals surface area contributed by atoms with Gasteiger partial charge in [0.1, 0.15) is 5.58 Å². The van der Waals surface area contributed by atoms with Gasteiger partial charge in [0.25, 0.3) is 0 Å². The van der Waals surface area contributed by atoms with Gasteiger partial charge in [-0.1, -0.05) is 13.3 Å². The lowest BCUT2D eigenvalue weighted by Gasteiger charge is -2.06. The molecule has 0 aliphatic rings. The molecule has 2 heterocycles. The zero-order chi connectivity index (χ0) is 15.7. The molecule has 5 nitrogen and oxygen atoms in total. The summed E-state index contributed by atoms with van der Waals surface area (Å²) in [4.78, 5) is 23.7. The van der Waals surface area contributed by atoms with E-state index in [0.717, 1.165) is 29.2 Å². The SMILES string of the molecule is CCCCOC(=O)n1ccc2c3oc(=O)cc(C)c3ccc21. The van der Waals surface area contributed by atoms with Gasteiger partial charge in [-0.05, 0) is 37.1 Å². The first-order chi connectivity index (χ1) is 10.6. The van der Waals surface area contributed by atoms with E-state index in [4.69, 9.17) is 9.15 Å². The fraction of sp³-hybridized carbons (Fsp3) is 0.294. The van der Waals surface area contributed by atoms with Gasteiger partial charge in [0, 0.05) is 23.0 Å². The molecule has 0 spiro atoms. The molecule has 0 aliphatic carbocycles. The molecule has 0 atom stereocenters. The van der Waals surface area contributed by atoms with E-state index >= 15 is 0 Å². The summed E-state index contributed by atoms with van der Waals surface area (Å²) >= 11 is 0. The molecule has 0 saturated heterocycles. The molecule has 2 aromatic heterocycles. The summed E-state index contributed by atoms with van der Waals surface area (Å²) in [5.41, 5.74) is 1.63. The molecule has 0 radical (unpaired) electrons. The summed E-state index contributed by atoms with van der Waals surface area (Å²) in [6.45, 7) is 4.30. The van der Waals surface area contributed by atoms with Crippen molar-refractivity contribution in [1.82, 2.24) is 4.57 Å². The standard InChI is InChI=1S/C17H17NO4/c1-3-4-9-21-17(20)18-8-7-13-14(18)6-5-12-11(2)10-15(19)22-16(12)13/h5-8,10H,3-4,9H2,1-2H3. The zero-order valence-corrected chi connectivity index (χ0v) is 12.6. The highest BCUT2D eigenvalue weighted by Crippen LogP contribution is 2.27. The number of rotatable bonds is 3. The van der Waals surface area contributed by atoms with E-state index in [1.54, 1.807) is 12.3 Å². The van der Waals surface area contributed by atoms with Gasteiger partial charge >= 0.3 is 11.7 Å². The van der Waals surface area contributed by atoms with Crippen LogP contribution in [0.25, 0.3) is 21.9 Å². The average molecular weight is 299 g/mol. The number of carbonyl (C=O) groups excluding carboxylic acids is 1. The van der Waals surface area contributed by atoms with E-state index in [1.807, 2.05) is 26.0 Å². The number of aromatic nitrogens is 1. The second-order valence-corrected chi connectivity index (χ2v) is 5.28. The Morgan fingerprint density at radius 2 is 2.09 bits per heavy atom. The number of benzene rings is 1. The van der Waals surface area contributed by atoms with Gasteiger partial charge in [0.05, 0.1) is 12.1 Å². The minimum Gasteiger partial charge on any atom is -0.449 e.